The van der Waals surface area contributed by atoms with Crippen molar-refractivity contribution >= 4 is 16.7 Å². The monoisotopic (exact) mass is 283 g/mol. The van der Waals surface area contributed by atoms with Crippen molar-refractivity contribution in [2.75, 3.05) is 19.5 Å². The lowest BCUT2D eigenvalue weighted by Crippen LogP contribution is -2.01. The van der Waals surface area contributed by atoms with Crippen LogP contribution in [0.4, 0.5) is 5.69 Å². The molecule has 0 saturated heterocycles. The third-order valence-electron chi connectivity index (χ3n) is 3.41. The first-order valence-corrected chi connectivity index (χ1v) is 6.68. The highest BCUT2D eigenvalue weighted by molar-refractivity contribution is 5.79. The molecule has 0 bridgehead atoms. The molecule has 108 valence electrons. The van der Waals surface area contributed by atoms with E-state index in [1.165, 1.54) is 0 Å². The summed E-state index contributed by atoms with van der Waals surface area (Å²) in [6.07, 6.45) is 3.75. The average molecular weight is 283 g/mol. The van der Waals surface area contributed by atoms with Gasteiger partial charge in [0.15, 0.2) is 0 Å². The number of rotatable bonds is 5. The van der Waals surface area contributed by atoms with Gasteiger partial charge in [0.2, 0.25) is 0 Å². The highest BCUT2D eigenvalue weighted by atomic mass is 16.5. The summed E-state index contributed by atoms with van der Waals surface area (Å²) in [7, 11) is 3.29. The van der Waals surface area contributed by atoms with Crippen molar-refractivity contribution in [2.45, 2.75) is 6.54 Å². The number of fused-ring (bicyclic) bond motifs is 1. The van der Waals surface area contributed by atoms with Gasteiger partial charge in [-0.3, -0.25) is 0 Å². The van der Waals surface area contributed by atoms with Gasteiger partial charge in [-0.1, -0.05) is 0 Å². The zero-order valence-electron chi connectivity index (χ0n) is 12.0. The normalized spacial score (nSPS) is 10.6. The maximum atomic E-state index is 5.38. The van der Waals surface area contributed by atoms with Gasteiger partial charge in [-0.2, -0.15) is 0 Å². The van der Waals surface area contributed by atoms with Crippen molar-refractivity contribution in [3.8, 4) is 11.5 Å². The smallest absolute Gasteiger partial charge is 0.145 e. The fourth-order valence-corrected chi connectivity index (χ4v) is 2.29. The van der Waals surface area contributed by atoms with E-state index in [4.69, 9.17) is 9.47 Å². The molecular weight excluding hydrogens is 266 g/mol. The Labute approximate surface area is 122 Å². The third-order valence-corrected chi connectivity index (χ3v) is 3.41. The lowest BCUT2D eigenvalue weighted by atomic mass is 10.2. The Kier molecular flexibility index (Phi) is 3.64. The molecular formula is C16H17N3O2. The van der Waals surface area contributed by atoms with E-state index < -0.39 is 0 Å². The summed E-state index contributed by atoms with van der Waals surface area (Å²) in [5.41, 5.74) is 2.99. The predicted molar refractivity (Wildman–Crippen MR) is 83.0 cm³/mol. The van der Waals surface area contributed by atoms with Crippen molar-refractivity contribution in [1.29, 1.82) is 0 Å². The number of nitrogens with zero attached hydrogens (tertiary/aromatic N) is 1. The molecule has 5 heteroatoms. The number of hydrogen-bond donors (Lipinski definition) is 2. The van der Waals surface area contributed by atoms with E-state index in [0.29, 0.717) is 6.54 Å². The van der Waals surface area contributed by atoms with Gasteiger partial charge in [-0.25, -0.2) is 4.98 Å². The van der Waals surface area contributed by atoms with Gasteiger partial charge in [0, 0.05) is 30.4 Å². The average Bonchev–Trinajstić information content (AvgIpc) is 2.96. The van der Waals surface area contributed by atoms with E-state index in [2.05, 4.69) is 21.4 Å². The van der Waals surface area contributed by atoms with Crippen LogP contribution in [0.25, 0.3) is 11.0 Å². The van der Waals surface area contributed by atoms with Crippen LogP contribution in [-0.4, -0.2) is 24.2 Å². The van der Waals surface area contributed by atoms with Crippen LogP contribution < -0.4 is 14.8 Å². The lowest BCUT2D eigenvalue weighted by Gasteiger charge is -2.12. The van der Waals surface area contributed by atoms with Gasteiger partial charge >= 0.3 is 0 Å². The number of methoxy groups -OCH3 is 2. The number of hydrogen-bond acceptors (Lipinski definition) is 4. The number of anilines is 1. The zero-order valence-corrected chi connectivity index (χ0v) is 12.0. The van der Waals surface area contributed by atoms with Crippen LogP contribution in [0.1, 0.15) is 5.56 Å². The van der Waals surface area contributed by atoms with E-state index in [0.717, 1.165) is 33.8 Å². The molecule has 3 aromatic rings. The molecule has 0 spiro atoms. The molecule has 2 N–H and O–H groups in total. The van der Waals surface area contributed by atoms with Gasteiger partial charge in [-0.05, 0) is 29.8 Å². The number of aromatic nitrogens is 2. The van der Waals surface area contributed by atoms with Crippen molar-refractivity contribution in [3.05, 3.63) is 48.3 Å². The molecule has 0 saturated carbocycles. The number of H-pyrrole nitrogens is 1. The van der Waals surface area contributed by atoms with Crippen LogP contribution in [-0.2, 0) is 6.54 Å². The zero-order chi connectivity index (χ0) is 14.7. The second-order valence-electron chi connectivity index (χ2n) is 4.63. The number of pyridine rings is 1. The van der Waals surface area contributed by atoms with E-state index in [9.17, 15) is 0 Å². The number of ether oxygens (including phenoxy) is 2. The molecule has 1 aromatic carbocycles. The van der Waals surface area contributed by atoms with Crippen molar-refractivity contribution < 1.29 is 9.47 Å². The fraction of sp³-hybridized carbons (Fsp3) is 0.188. The minimum Gasteiger partial charge on any atom is -0.497 e. The lowest BCUT2D eigenvalue weighted by molar-refractivity contribution is 0.395. The molecule has 0 fully saturated rings. The quantitative estimate of drug-likeness (QED) is 0.755. The molecule has 5 nitrogen and oxygen atoms in total. The first-order chi connectivity index (χ1) is 10.3. The molecule has 21 heavy (non-hydrogen) atoms. The second kappa shape index (κ2) is 5.75. The summed E-state index contributed by atoms with van der Waals surface area (Å²) in [6, 6.07) is 9.71. The summed E-state index contributed by atoms with van der Waals surface area (Å²) >= 11 is 0. The van der Waals surface area contributed by atoms with Crippen LogP contribution in [0.3, 0.4) is 0 Å². The molecule has 0 aliphatic carbocycles. The third kappa shape index (κ3) is 2.63. The van der Waals surface area contributed by atoms with Crippen molar-refractivity contribution in [3.63, 3.8) is 0 Å². The van der Waals surface area contributed by atoms with E-state index in [-0.39, 0.29) is 0 Å². The Morgan fingerprint density at radius 2 is 2.10 bits per heavy atom. The van der Waals surface area contributed by atoms with Crippen LogP contribution in [0.5, 0.6) is 11.5 Å². The Balaban J connectivity index is 1.81. The first kappa shape index (κ1) is 13.3. The van der Waals surface area contributed by atoms with Crippen molar-refractivity contribution in [1.82, 2.24) is 9.97 Å². The van der Waals surface area contributed by atoms with Gasteiger partial charge in [-0.15, -0.1) is 0 Å². The number of benzene rings is 1. The van der Waals surface area contributed by atoms with Crippen LogP contribution in [0.2, 0.25) is 0 Å². The summed E-state index contributed by atoms with van der Waals surface area (Å²) in [5.74, 6) is 1.53. The highest BCUT2D eigenvalue weighted by Crippen LogP contribution is 2.29. The van der Waals surface area contributed by atoms with Crippen LogP contribution >= 0.6 is 0 Å². The summed E-state index contributed by atoms with van der Waals surface area (Å²) in [4.78, 5) is 7.46. The molecule has 3 rings (SSSR count). The largest absolute Gasteiger partial charge is 0.497 e. The second-order valence-corrected chi connectivity index (χ2v) is 4.63. The summed E-state index contributed by atoms with van der Waals surface area (Å²) in [5, 5.41) is 4.50. The Hall–Kier alpha value is -2.69. The SMILES string of the molecule is COc1ccc(NCc2c[nH]c3ncccc23)c(OC)c1. The molecule has 2 heterocycles. The standard InChI is InChI=1S/C16H17N3O2/c1-20-12-5-6-14(15(8-12)21-2)18-9-11-10-19-16-13(11)4-3-7-17-16/h3-8,10,18H,9H2,1-2H3,(H,17,19). The minimum absolute atomic E-state index is 0.689. The Bertz CT molecular complexity index is 752. The van der Waals surface area contributed by atoms with Gasteiger partial charge < -0.3 is 19.8 Å². The molecule has 0 amide bonds. The number of nitrogens with one attached hydrogen (secondary N) is 2. The molecule has 0 unspecified atom stereocenters. The first-order valence-electron chi connectivity index (χ1n) is 6.68. The van der Waals surface area contributed by atoms with Crippen LogP contribution in [0, 0.1) is 0 Å². The topological polar surface area (TPSA) is 59.2 Å². The van der Waals surface area contributed by atoms with Gasteiger partial charge in [0.1, 0.15) is 17.1 Å². The van der Waals surface area contributed by atoms with E-state index in [1.54, 1.807) is 20.4 Å². The van der Waals surface area contributed by atoms with Gasteiger partial charge in [0.05, 0.1) is 19.9 Å². The molecule has 2 aromatic heterocycles. The molecule has 0 radical (unpaired) electrons. The highest BCUT2D eigenvalue weighted by Gasteiger charge is 2.07. The molecule has 0 atom stereocenters. The van der Waals surface area contributed by atoms with Crippen molar-refractivity contribution in [2.24, 2.45) is 0 Å². The Morgan fingerprint density at radius 1 is 1.19 bits per heavy atom. The van der Waals surface area contributed by atoms with Crippen LogP contribution in [0.15, 0.2) is 42.7 Å². The fourth-order valence-electron chi connectivity index (χ4n) is 2.29. The molecule has 0 aliphatic rings. The molecule has 0 aliphatic heterocycles. The van der Waals surface area contributed by atoms with Gasteiger partial charge in [0.25, 0.3) is 0 Å². The van der Waals surface area contributed by atoms with E-state index >= 15 is 0 Å². The minimum atomic E-state index is 0.689. The summed E-state index contributed by atoms with van der Waals surface area (Å²) in [6.45, 7) is 0.689. The predicted octanol–water partition coefficient (Wildman–Crippen LogP) is 3.19. The number of aromatic amines is 1. The summed E-state index contributed by atoms with van der Waals surface area (Å²) < 4.78 is 10.6. The maximum absolute atomic E-state index is 5.38. The Morgan fingerprint density at radius 3 is 2.90 bits per heavy atom. The maximum Gasteiger partial charge on any atom is 0.145 e. The van der Waals surface area contributed by atoms with E-state index in [1.807, 2.05) is 30.5 Å².